The standard InChI is InChI=1S/C11H17N3O/c1-9(13-8-7-12)11(15)14-10-5-3-2-4-6-10/h2-6,9,13H,7-8,12H2,1H3,(H,14,15). The molecular formula is C11H17N3O. The van der Waals surface area contributed by atoms with Crippen molar-refractivity contribution < 1.29 is 4.79 Å². The zero-order chi connectivity index (χ0) is 11.1. The molecule has 1 rings (SSSR count). The Hall–Kier alpha value is -1.39. The number of benzene rings is 1. The van der Waals surface area contributed by atoms with E-state index in [1.54, 1.807) is 0 Å². The number of nitrogens with two attached hydrogens (primary N) is 1. The summed E-state index contributed by atoms with van der Waals surface area (Å²) in [6.07, 6.45) is 0. The van der Waals surface area contributed by atoms with Crippen molar-refractivity contribution in [1.82, 2.24) is 5.32 Å². The number of nitrogens with one attached hydrogen (secondary N) is 2. The van der Waals surface area contributed by atoms with Gasteiger partial charge in [0.05, 0.1) is 6.04 Å². The van der Waals surface area contributed by atoms with Crippen molar-refractivity contribution >= 4 is 11.6 Å². The van der Waals surface area contributed by atoms with Crippen LogP contribution in [0.1, 0.15) is 6.92 Å². The van der Waals surface area contributed by atoms with Crippen LogP contribution in [0.5, 0.6) is 0 Å². The minimum Gasteiger partial charge on any atom is -0.329 e. The van der Waals surface area contributed by atoms with E-state index in [2.05, 4.69) is 10.6 Å². The first kappa shape index (κ1) is 11.7. The Morgan fingerprint density at radius 1 is 1.40 bits per heavy atom. The lowest BCUT2D eigenvalue weighted by Crippen LogP contribution is -2.40. The summed E-state index contributed by atoms with van der Waals surface area (Å²) in [5, 5.41) is 5.82. The molecule has 1 atom stereocenters. The minimum atomic E-state index is -0.228. The second kappa shape index (κ2) is 6.16. The molecule has 0 heterocycles. The summed E-state index contributed by atoms with van der Waals surface area (Å²) in [5.74, 6) is -0.0466. The molecule has 4 heteroatoms. The van der Waals surface area contributed by atoms with E-state index < -0.39 is 0 Å². The van der Waals surface area contributed by atoms with Crippen molar-refractivity contribution in [2.45, 2.75) is 13.0 Å². The summed E-state index contributed by atoms with van der Waals surface area (Å²) in [5.41, 5.74) is 6.14. The second-order valence-electron chi connectivity index (χ2n) is 3.32. The number of rotatable bonds is 5. The van der Waals surface area contributed by atoms with E-state index in [1.807, 2.05) is 37.3 Å². The Labute approximate surface area is 89.9 Å². The summed E-state index contributed by atoms with van der Waals surface area (Å²) in [6, 6.07) is 9.15. The summed E-state index contributed by atoms with van der Waals surface area (Å²) < 4.78 is 0. The molecule has 0 aliphatic rings. The number of amides is 1. The molecule has 82 valence electrons. The smallest absolute Gasteiger partial charge is 0.241 e. The van der Waals surface area contributed by atoms with Gasteiger partial charge in [0, 0.05) is 18.8 Å². The molecule has 0 aromatic heterocycles. The first-order chi connectivity index (χ1) is 7.24. The predicted octanol–water partition coefficient (Wildman–Crippen LogP) is 0.562. The fourth-order valence-corrected chi connectivity index (χ4v) is 1.16. The van der Waals surface area contributed by atoms with Crippen LogP contribution in [0.15, 0.2) is 30.3 Å². The van der Waals surface area contributed by atoms with Crippen molar-refractivity contribution in [3.8, 4) is 0 Å². The first-order valence-corrected chi connectivity index (χ1v) is 5.03. The number of carbonyl (C=O) groups is 1. The number of anilines is 1. The van der Waals surface area contributed by atoms with Crippen molar-refractivity contribution in [2.75, 3.05) is 18.4 Å². The average Bonchev–Trinajstić information content (AvgIpc) is 2.27. The molecule has 0 radical (unpaired) electrons. The van der Waals surface area contributed by atoms with Gasteiger partial charge in [-0.1, -0.05) is 18.2 Å². The predicted molar refractivity (Wildman–Crippen MR) is 61.6 cm³/mol. The number of hydrogen-bond acceptors (Lipinski definition) is 3. The quantitative estimate of drug-likeness (QED) is 0.661. The number of hydrogen-bond donors (Lipinski definition) is 3. The highest BCUT2D eigenvalue weighted by atomic mass is 16.2. The van der Waals surface area contributed by atoms with Gasteiger partial charge < -0.3 is 16.4 Å². The highest BCUT2D eigenvalue weighted by Crippen LogP contribution is 2.05. The molecule has 0 spiro atoms. The van der Waals surface area contributed by atoms with Gasteiger partial charge in [-0.25, -0.2) is 0 Å². The van der Waals surface area contributed by atoms with Crippen molar-refractivity contribution in [2.24, 2.45) is 5.73 Å². The second-order valence-corrected chi connectivity index (χ2v) is 3.32. The van der Waals surface area contributed by atoms with Gasteiger partial charge in [-0.3, -0.25) is 4.79 Å². The van der Waals surface area contributed by atoms with Crippen LogP contribution in [-0.2, 0) is 4.79 Å². The molecule has 4 nitrogen and oxygen atoms in total. The largest absolute Gasteiger partial charge is 0.329 e. The summed E-state index contributed by atoms with van der Waals surface area (Å²) in [7, 11) is 0. The molecule has 0 saturated heterocycles. The molecule has 0 aliphatic heterocycles. The van der Waals surface area contributed by atoms with E-state index in [-0.39, 0.29) is 11.9 Å². The summed E-state index contributed by atoms with van der Waals surface area (Å²) in [4.78, 5) is 11.6. The maximum Gasteiger partial charge on any atom is 0.241 e. The van der Waals surface area contributed by atoms with Gasteiger partial charge in [-0.2, -0.15) is 0 Å². The average molecular weight is 207 g/mol. The van der Waals surface area contributed by atoms with Gasteiger partial charge >= 0.3 is 0 Å². The molecule has 0 aliphatic carbocycles. The fourth-order valence-electron chi connectivity index (χ4n) is 1.16. The lowest BCUT2D eigenvalue weighted by Gasteiger charge is -2.13. The highest BCUT2D eigenvalue weighted by Gasteiger charge is 2.10. The molecular weight excluding hydrogens is 190 g/mol. The lowest BCUT2D eigenvalue weighted by atomic mass is 10.2. The van der Waals surface area contributed by atoms with Crippen LogP contribution in [0, 0.1) is 0 Å². The Kier molecular flexibility index (Phi) is 4.80. The Morgan fingerprint density at radius 2 is 2.07 bits per heavy atom. The highest BCUT2D eigenvalue weighted by molar-refractivity contribution is 5.94. The van der Waals surface area contributed by atoms with E-state index in [1.165, 1.54) is 0 Å². The van der Waals surface area contributed by atoms with Gasteiger partial charge in [0.15, 0.2) is 0 Å². The van der Waals surface area contributed by atoms with E-state index in [4.69, 9.17) is 5.73 Å². The lowest BCUT2D eigenvalue weighted by molar-refractivity contribution is -0.117. The summed E-state index contributed by atoms with van der Waals surface area (Å²) in [6.45, 7) is 2.99. The van der Waals surface area contributed by atoms with Crippen LogP contribution in [0.3, 0.4) is 0 Å². The summed E-state index contributed by atoms with van der Waals surface area (Å²) >= 11 is 0. The zero-order valence-electron chi connectivity index (χ0n) is 8.86. The number of para-hydroxylation sites is 1. The van der Waals surface area contributed by atoms with Crippen LogP contribution >= 0.6 is 0 Å². The van der Waals surface area contributed by atoms with Crippen LogP contribution < -0.4 is 16.4 Å². The molecule has 1 aromatic carbocycles. The normalized spacial score (nSPS) is 12.1. The van der Waals surface area contributed by atoms with Gasteiger partial charge in [0.1, 0.15) is 0 Å². The third-order valence-electron chi connectivity index (χ3n) is 2.03. The third kappa shape index (κ3) is 4.10. The van der Waals surface area contributed by atoms with E-state index in [0.29, 0.717) is 13.1 Å². The SMILES string of the molecule is CC(NCCN)C(=O)Nc1ccccc1. The molecule has 4 N–H and O–H groups in total. The molecule has 0 saturated carbocycles. The van der Waals surface area contributed by atoms with Gasteiger partial charge in [-0.15, -0.1) is 0 Å². The van der Waals surface area contributed by atoms with E-state index >= 15 is 0 Å². The molecule has 1 amide bonds. The van der Waals surface area contributed by atoms with Gasteiger partial charge in [0.2, 0.25) is 5.91 Å². The number of carbonyl (C=O) groups excluding carboxylic acids is 1. The van der Waals surface area contributed by atoms with Gasteiger partial charge in [0.25, 0.3) is 0 Å². The molecule has 0 fully saturated rings. The Balaban J connectivity index is 2.42. The zero-order valence-corrected chi connectivity index (χ0v) is 8.86. The van der Waals surface area contributed by atoms with Crippen LogP contribution in [0.2, 0.25) is 0 Å². The molecule has 1 unspecified atom stereocenters. The Morgan fingerprint density at radius 3 is 2.67 bits per heavy atom. The van der Waals surface area contributed by atoms with Gasteiger partial charge in [-0.05, 0) is 19.1 Å². The molecule has 15 heavy (non-hydrogen) atoms. The van der Waals surface area contributed by atoms with Crippen molar-refractivity contribution in [1.29, 1.82) is 0 Å². The van der Waals surface area contributed by atoms with Crippen LogP contribution in [0.25, 0.3) is 0 Å². The molecule has 0 bridgehead atoms. The monoisotopic (exact) mass is 207 g/mol. The van der Waals surface area contributed by atoms with Crippen molar-refractivity contribution in [3.05, 3.63) is 30.3 Å². The maximum absolute atomic E-state index is 11.6. The Bertz CT molecular complexity index is 300. The van der Waals surface area contributed by atoms with E-state index in [0.717, 1.165) is 5.69 Å². The van der Waals surface area contributed by atoms with Crippen LogP contribution in [0.4, 0.5) is 5.69 Å². The fraction of sp³-hybridized carbons (Fsp3) is 0.364. The van der Waals surface area contributed by atoms with E-state index in [9.17, 15) is 4.79 Å². The topological polar surface area (TPSA) is 67.1 Å². The molecule has 1 aromatic rings. The minimum absolute atomic E-state index is 0.0466. The third-order valence-corrected chi connectivity index (χ3v) is 2.03. The van der Waals surface area contributed by atoms with Crippen molar-refractivity contribution in [3.63, 3.8) is 0 Å². The van der Waals surface area contributed by atoms with Crippen LogP contribution in [-0.4, -0.2) is 25.0 Å². The first-order valence-electron chi connectivity index (χ1n) is 5.03. The maximum atomic E-state index is 11.6.